The van der Waals surface area contributed by atoms with Crippen LogP contribution in [-0.2, 0) is 0 Å². The molecule has 0 bridgehead atoms. The van der Waals surface area contributed by atoms with Crippen LogP contribution < -0.4 is 0 Å². The third-order valence-electron chi connectivity index (χ3n) is 0.861. The van der Waals surface area contributed by atoms with Crippen LogP contribution in [0.15, 0.2) is 10.6 Å². The maximum Gasteiger partial charge on any atom is 0.298 e. The first-order valence-electron chi connectivity index (χ1n) is 3.41. The molecule has 11 heavy (non-hydrogen) atoms. The Balaban J connectivity index is 0.000000461. The third kappa shape index (κ3) is 3.11. The number of hydrogen-bond acceptors (Lipinski definition) is 2. The van der Waals surface area contributed by atoms with Crippen LogP contribution >= 0.6 is 0 Å². The first kappa shape index (κ1) is 10.1. The van der Waals surface area contributed by atoms with Crippen molar-refractivity contribution in [2.45, 2.75) is 27.2 Å². The molecule has 4 heteroatoms. The van der Waals surface area contributed by atoms with Gasteiger partial charge in [-0.1, -0.05) is 19.0 Å². The molecule has 0 radical (unpaired) electrons. The smallest absolute Gasteiger partial charge is 0.298 e. The average molecular weight is 163 g/mol. The SMILES string of the molecule is CC.Cc1cc(C(F)F)on1. The minimum Gasteiger partial charge on any atom is -0.355 e. The molecule has 0 aliphatic carbocycles. The summed E-state index contributed by atoms with van der Waals surface area (Å²) in [5.74, 6) is -0.368. The number of aromatic nitrogens is 1. The molecule has 0 spiro atoms. The Bertz CT molecular complexity index is 198. The molecule has 0 fully saturated rings. The molecule has 2 nitrogen and oxygen atoms in total. The highest BCUT2D eigenvalue weighted by Gasteiger charge is 2.11. The second-order valence-corrected chi connectivity index (χ2v) is 1.67. The lowest BCUT2D eigenvalue weighted by atomic mass is 10.4. The summed E-state index contributed by atoms with van der Waals surface area (Å²) in [4.78, 5) is 0. The topological polar surface area (TPSA) is 26.0 Å². The van der Waals surface area contributed by atoms with Crippen molar-refractivity contribution in [2.24, 2.45) is 0 Å². The van der Waals surface area contributed by atoms with E-state index >= 15 is 0 Å². The van der Waals surface area contributed by atoms with Crippen molar-refractivity contribution in [3.63, 3.8) is 0 Å². The Morgan fingerprint density at radius 3 is 2.18 bits per heavy atom. The zero-order valence-electron chi connectivity index (χ0n) is 6.77. The molecule has 1 aromatic rings. The number of halogens is 2. The molecule has 0 saturated heterocycles. The quantitative estimate of drug-likeness (QED) is 0.636. The molecule has 0 aliphatic heterocycles. The van der Waals surface area contributed by atoms with Gasteiger partial charge in [-0.25, -0.2) is 8.78 Å². The van der Waals surface area contributed by atoms with E-state index in [4.69, 9.17) is 0 Å². The molecular weight excluding hydrogens is 152 g/mol. The highest BCUT2D eigenvalue weighted by molar-refractivity contribution is 5.03. The van der Waals surface area contributed by atoms with Gasteiger partial charge in [-0.2, -0.15) is 0 Å². The molecule has 1 heterocycles. The van der Waals surface area contributed by atoms with Crippen molar-refractivity contribution < 1.29 is 13.3 Å². The lowest BCUT2D eigenvalue weighted by Gasteiger charge is -1.85. The van der Waals surface area contributed by atoms with Crippen molar-refractivity contribution in [1.82, 2.24) is 5.16 Å². The Morgan fingerprint density at radius 2 is 2.00 bits per heavy atom. The standard InChI is InChI=1S/C5H5F2NO.C2H6/c1-3-2-4(5(6)7)9-8-3;1-2/h2,5H,1H3;1-2H3. The van der Waals surface area contributed by atoms with Crippen LogP contribution in [0.1, 0.15) is 31.7 Å². The van der Waals surface area contributed by atoms with E-state index in [-0.39, 0.29) is 5.76 Å². The van der Waals surface area contributed by atoms with Gasteiger partial charge in [-0.3, -0.25) is 0 Å². The molecule has 0 saturated carbocycles. The third-order valence-corrected chi connectivity index (χ3v) is 0.861. The van der Waals surface area contributed by atoms with Gasteiger partial charge in [0.15, 0.2) is 0 Å². The summed E-state index contributed by atoms with van der Waals surface area (Å²) in [5, 5.41) is 3.28. The van der Waals surface area contributed by atoms with Crippen molar-refractivity contribution >= 4 is 0 Å². The molecule has 1 rings (SSSR count). The summed E-state index contributed by atoms with van der Waals surface area (Å²) in [5.41, 5.74) is 0.477. The maximum absolute atomic E-state index is 11.6. The second-order valence-electron chi connectivity index (χ2n) is 1.67. The highest BCUT2D eigenvalue weighted by atomic mass is 19.3. The predicted molar refractivity (Wildman–Crippen MR) is 37.5 cm³/mol. The fourth-order valence-corrected chi connectivity index (χ4v) is 0.486. The van der Waals surface area contributed by atoms with Crippen molar-refractivity contribution in [1.29, 1.82) is 0 Å². The summed E-state index contributed by atoms with van der Waals surface area (Å²) in [7, 11) is 0. The lowest BCUT2D eigenvalue weighted by Crippen LogP contribution is -1.75. The second kappa shape index (κ2) is 4.82. The Morgan fingerprint density at radius 1 is 1.45 bits per heavy atom. The number of nitrogens with zero attached hydrogens (tertiary/aromatic N) is 1. The molecule has 0 aromatic carbocycles. The highest BCUT2D eigenvalue weighted by Crippen LogP contribution is 2.18. The summed E-state index contributed by atoms with van der Waals surface area (Å²) in [6, 6.07) is 1.21. The lowest BCUT2D eigenvalue weighted by molar-refractivity contribution is 0.112. The molecule has 0 unspecified atom stereocenters. The Kier molecular flexibility index (Phi) is 4.41. The first-order valence-corrected chi connectivity index (χ1v) is 3.41. The van der Waals surface area contributed by atoms with Gasteiger partial charge in [-0.05, 0) is 6.92 Å². The molecular formula is C7H11F2NO. The van der Waals surface area contributed by atoms with Crippen LogP contribution in [0.2, 0.25) is 0 Å². The molecule has 0 aliphatic rings. The molecule has 0 amide bonds. The monoisotopic (exact) mass is 163 g/mol. The summed E-state index contributed by atoms with van der Waals surface area (Å²) in [6.45, 7) is 5.59. The normalized spacial score (nSPS) is 9.27. The fraction of sp³-hybridized carbons (Fsp3) is 0.571. The van der Waals surface area contributed by atoms with Crippen LogP contribution in [0.5, 0.6) is 0 Å². The van der Waals surface area contributed by atoms with Crippen molar-refractivity contribution in [3.05, 3.63) is 17.5 Å². The zero-order chi connectivity index (χ0) is 8.85. The van der Waals surface area contributed by atoms with E-state index in [1.165, 1.54) is 6.07 Å². The van der Waals surface area contributed by atoms with E-state index in [2.05, 4.69) is 9.68 Å². The van der Waals surface area contributed by atoms with E-state index in [1.54, 1.807) is 6.92 Å². The van der Waals surface area contributed by atoms with Crippen LogP contribution in [0.3, 0.4) is 0 Å². The van der Waals surface area contributed by atoms with Crippen LogP contribution in [0.25, 0.3) is 0 Å². The molecule has 1 aromatic heterocycles. The maximum atomic E-state index is 11.6. The summed E-state index contributed by atoms with van der Waals surface area (Å²) >= 11 is 0. The van der Waals surface area contributed by atoms with Gasteiger partial charge in [0.05, 0.1) is 5.69 Å². The minimum atomic E-state index is -2.55. The van der Waals surface area contributed by atoms with Crippen LogP contribution in [0.4, 0.5) is 8.78 Å². The number of hydrogen-bond donors (Lipinski definition) is 0. The average Bonchev–Trinajstić information content (AvgIpc) is 2.40. The Hall–Kier alpha value is -0.930. The zero-order valence-corrected chi connectivity index (χ0v) is 6.77. The summed E-state index contributed by atoms with van der Waals surface area (Å²) < 4.78 is 27.5. The van der Waals surface area contributed by atoms with E-state index in [0.29, 0.717) is 5.69 Å². The predicted octanol–water partition coefficient (Wildman–Crippen LogP) is 2.95. The summed E-state index contributed by atoms with van der Waals surface area (Å²) in [6.07, 6.45) is -2.55. The van der Waals surface area contributed by atoms with Gasteiger partial charge in [0, 0.05) is 6.07 Å². The van der Waals surface area contributed by atoms with Crippen LogP contribution in [0, 0.1) is 6.92 Å². The van der Waals surface area contributed by atoms with Crippen molar-refractivity contribution in [2.75, 3.05) is 0 Å². The van der Waals surface area contributed by atoms with Gasteiger partial charge >= 0.3 is 0 Å². The molecule has 64 valence electrons. The van der Waals surface area contributed by atoms with Gasteiger partial charge in [0.2, 0.25) is 5.76 Å². The van der Waals surface area contributed by atoms with Gasteiger partial charge in [0.25, 0.3) is 6.43 Å². The number of rotatable bonds is 1. The van der Waals surface area contributed by atoms with Crippen molar-refractivity contribution in [3.8, 4) is 0 Å². The van der Waals surface area contributed by atoms with Gasteiger partial charge < -0.3 is 4.52 Å². The van der Waals surface area contributed by atoms with Crippen LogP contribution in [-0.4, -0.2) is 5.16 Å². The minimum absolute atomic E-state index is 0.368. The van der Waals surface area contributed by atoms with E-state index < -0.39 is 6.43 Å². The largest absolute Gasteiger partial charge is 0.355 e. The molecule has 0 atom stereocenters. The first-order chi connectivity index (χ1) is 5.20. The van der Waals surface area contributed by atoms with E-state index in [9.17, 15) is 8.78 Å². The van der Waals surface area contributed by atoms with Gasteiger partial charge in [-0.15, -0.1) is 0 Å². The Labute approximate surface area is 64.2 Å². The molecule has 0 N–H and O–H groups in total. The fourth-order valence-electron chi connectivity index (χ4n) is 0.486. The number of aryl methyl sites for hydroxylation is 1. The number of alkyl halides is 2. The van der Waals surface area contributed by atoms with E-state index in [0.717, 1.165) is 0 Å². The van der Waals surface area contributed by atoms with Gasteiger partial charge in [0.1, 0.15) is 0 Å². The van der Waals surface area contributed by atoms with E-state index in [1.807, 2.05) is 13.8 Å².